The molecule has 1 aliphatic rings. The summed E-state index contributed by atoms with van der Waals surface area (Å²) in [5.41, 5.74) is 1.10. The van der Waals surface area contributed by atoms with Crippen molar-refractivity contribution >= 4 is 11.6 Å². The molecular weight excluding hydrogens is 351 g/mol. The molecule has 0 fully saturated rings. The summed E-state index contributed by atoms with van der Waals surface area (Å²) in [4.78, 5) is 12.1. The Balaban J connectivity index is 1.56. The molecule has 8 heteroatoms. The van der Waals surface area contributed by atoms with Crippen LogP contribution >= 0.6 is 0 Å². The number of carbonyl (C=O) groups is 1. The maximum atomic E-state index is 12.3. The molecule has 0 radical (unpaired) electrons. The highest BCUT2D eigenvalue weighted by Gasteiger charge is 2.28. The lowest BCUT2D eigenvalue weighted by molar-refractivity contribution is -0.153. The van der Waals surface area contributed by atoms with Crippen LogP contribution in [0.15, 0.2) is 42.5 Å². The number of ether oxygens (including phenoxy) is 3. The minimum absolute atomic E-state index is 0.0266. The second kappa shape index (κ2) is 7.55. The van der Waals surface area contributed by atoms with Gasteiger partial charge in [-0.3, -0.25) is 4.79 Å². The molecule has 0 saturated carbocycles. The zero-order chi connectivity index (χ0) is 18.6. The van der Waals surface area contributed by atoms with E-state index < -0.39 is 12.8 Å². The van der Waals surface area contributed by atoms with Gasteiger partial charge in [0.1, 0.15) is 5.75 Å². The van der Waals surface area contributed by atoms with Gasteiger partial charge in [0.2, 0.25) is 12.7 Å². The van der Waals surface area contributed by atoms with Gasteiger partial charge in [-0.1, -0.05) is 18.2 Å². The Morgan fingerprint density at radius 3 is 2.69 bits per heavy atom. The van der Waals surface area contributed by atoms with E-state index in [1.807, 2.05) is 6.07 Å². The third-order valence-corrected chi connectivity index (χ3v) is 3.63. The fraction of sp³-hybridized carbons (Fsp3) is 0.278. The number of alkyl halides is 3. The van der Waals surface area contributed by atoms with Crippen LogP contribution in [-0.2, 0) is 11.2 Å². The number of hydrogen-bond acceptors (Lipinski definition) is 4. The van der Waals surface area contributed by atoms with Gasteiger partial charge in [-0.05, 0) is 36.2 Å². The van der Waals surface area contributed by atoms with Crippen molar-refractivity contribution in [2.75, 3.05) is 18.7 Å². The average Bonchev–Trinajstić information content (AvgIpc) is 3.06. The van der Waals surface area contributed by atoms with E-state index in [4.69, 9.17) is 14.2 Å². The maximum absolute atomic E-state index is 12.3. The van der Waals surface area contributed by atoms with E-state index in [2.05, 4.69) is 5.32 Å². The Hall–Kier alpha value is -2.90. The number of rotatable bonds is 6. The highest BCUT2D eigenvalue weighted by Crippen LogP contribution is 2.33. The molecule has 1 aliphatic heterocycles. The molecule has 0 spiro atoms. The van der Waals surface area contributed by atoms with Crippen LogP contribution in [-0.4, -0.2) is 25.5 Å². The number of benzene rings is 2. The molecule has 3 rings (SSSR count). The van der Waals surface area contributed by atoms with Gasteiger partial charge in [0.25, 0.3) is 0 Å². The topological polar surface area (TPSA) is 56.8 Å². The van der Waals surface area contributed by atoms with Gasteiger partial charge >= 0.3 is 6.18 Å². The van der Waals surface area contributed by atoms with Gasteiger partial charge in [-0.25, -0.2) is 0 Å². The summed E-state index contributed by atoms with van der Waals surface area (Å²) in [5, 5.41) is 2.58. The summed E-state index contributed by atoms with van der Waals surface area (Å²) in [7, 11) is 0. The fourth-order valence-corrected chi connectivity index (χ4v) is 2.42. The smallest absolute Gasteiger partial charge is 0.422 e. The number of carbonyl (C=O) groups excluding carboxylic acids is 1. The first kappa shape index (κ1) is 17.9. The van der Waals surface area contributed by atoms with Gasteiger partial charge in [-0.2, -0.15) is 13.2 Å². The monoisotopic (exact) mass is 367 g/mol. The van der Waals surface area contributed by atoms with Crippen LogP contribution < -0.4 is 19.5 Å². The summed E-state index contributed by atoms with van der Waals surface area (Å²) in [6, 6.07) is 11.4. The number of aryl methyl sites for hydroxylation is 1. The largest absolute Gasteiger partial charge is 0.482 e. The van der Waals surface area contributed by atoms with Gasteiger partial charge < -0.3 is 19.5 Å². The summed E-state index contributed by atoms with van der Waals surface area (Å²) < 4.78 is 52.2. The van der Waals surface area contributed by atoms with Crippen molar-refractivity contribution in [2.45, 2.75) is 19.0 Å². The number of halogens is 3. The Morgan fingerprint density at radius 2 is 1.88 bits per heavy atom. The fourth-order valence-electron chi connectivity index (χ4n) is 2.42. The van der Waals surface area contributed by atoms with Crippen LogP contribution in [0.2, 0.25) is 0 Å². The van der Waals surface area contributed by atoms with Gasteiger partial charge in [-0.15, -0.1) is 0 Å². The second-order valence-electron chi connectivity index (χ2n) is 5.64. The normalized spacial score (nSPS) is 12.7. The number of amides is 1. The van der Waals surface area contributed by atoms with Crippen molar-refractivity contribution < 1.29 is 32.2 Å². The van der Waals surface area contributed by atoms with Crippen LogP contribution in [0, 0.1) is 0 Å². The molecule has 1 heterocycles. The van der Waals surface area contributed by atoms with Crippen molar-refractivity contribution in [2.24, 2.45) is 0 Å². The van der Waals surface area contributed by atoms with Crippen LogP contribution in [0.4, 0.5) is 18.9 Å². The van der Waals surface area contributed by atoms with Crippen LogP contribution in [0.1, 0.15) is 12.0 Å². The number of fused-ring (bicyclic) bond motifs is 1. The summed E-state index contributed by atoms with van der Waals surface area (Å²) in [6.07, 6.45) is -3.84. The van der Waals surface area contributed by atoms with Crippen LogP contribution in [0.3, 0.4) is 0 Å². The highest BCUT2D eigenvalue weighted by molar-refractivity contribution is 5.92. The minimum Gasteiger partial charge on any atom is -0.482 e. The summed E-state index contributed by atoms with van der Waals surface area (Å²) in [5.74, 6) is 0.940. The zero-order valence-corrected chi connectivity index (χ0v) is 13.6. The van der Waals surface area contributed by atoms with Crippen LogP contribution in [0.25, 0.3) is 0 Å². The molecule has 0 aromatic heterocycles. The van der Waals surface area contributed by atoms with Gasteiger partial charge in [0.15, 0.2) is 18.1 Å². The zero-order valence-electron chi connectivity index (χ0n) is 13.6. The van der Waals surface area contributed by atoms with E-state index in [1.54, 1.807) is 18.2 Å². The third kappa shape index (κ3) is 4.81. The first-order valence-corrected chi connectivity index (χ1v) is 7.88. The van der Waals surface area contributed by atoms with E-state index in [0.29, 0.717) is 17.9 Å². The van der Waals surface area contributed by atoms with E-state index in [-0.39, 0.29) is 30.6 Å². The molecule has 2 aromatic carbocycles. The van der Waals surface area contributed by atoms with Gasteiger partial charge in [0.05, 0.1) is 5.69 Å². The summed E-state index contributed by atoms with van der Waals surface area (Å²) >= 11 is 0. The molecule has 0 unspecified atom stereocenters. The van der Waals surface area contributed by atoms with Crippen molar-refractivity contribution in [3.05, 3.63) is 48.0 Å². The molecule has 1 N–H and O–H groups in total. The van der Waals surface area contributed by atoms with Gasteiger partial charge in [0, 0.05) is 6.42 Å². The quantitative estimate of drug-likeness (QED) is 0.841. The lowest BCUT2D eigenvalue weighted by atomic mass is 10.1. The molecule has 0 saturated heterocycles. The predicted molar refractivity (Wildman–Crippen MR) is 87.5 cm³/mol. The SMILES string of the molecule is O=C(CCc1ccc2c(c1)OCO2)Nc1ccccc1OCC(F)(F)F. The molecule has 5 nitrogen and oxygen atoms in total. The lowest BCUT2D eigenvalue weighted by Crippen LogP contribution is -2.20. The lowest BCUT2D eigenvalue weighted by Gasteiger charge is -2.13. The second-order valence-corrected chi connectivity index (χ2v) is 5.64. The van der Waals surface area contributed by atoms with Crippen LogP contribution in [0.5, 0.6) is 17.2 Å². The van der Waals surface area contributed by atoms with E-state index >= 15 is 0 Å². The first-order valence-electron chi connectivity index (χ1n) is 7.88. The highest BCUT2D eigenvalue weighted by atomic mass is 19.4. The molecule has 0 atom stereocenters. The Labute approximate surface area is 147 Å². The van der Waals surface area contributed by atoms with Crippen molar-refractivity contribution in [3.63, 3.8) is 0 Å². The number of para-hydroxylation sites is 2. The predicted octanol–water partition coefficient (Wildman–Crippen LogP) is 3.93. The average molecular weight is 367 g/mol. The van der Waals surface area contributed by atoms with E-state index in [9.17, 15) is 18.0 Å². The van der Waals surface area contributed by atoms with E-state index in [1.165, 1.54) is 18.2 Å². The Morgan fingerprint density at radius 1 is 1.12 bits per heavy atom. The molecule has 0 aliphatic carbocycles. The number of nitrogens with one attached hydrogen (secondary N) is 1. The first-order chi connectivity index (χ1) is 12.4. The van der Waals surface area contributed by atoms with E-state index in [0.717, 1.165) is 5.56 Å². The Bertz CT molecular complexity index is 792. The third-order valence-electron chi connectivity index (χ3n) is 3.63. The molecule has 2 aromatic rings. The Kier molecular flexibility index (Phi) is 5.20. The molecular formula is C18H16F3NO4. The summed E-state index contributed by atoms with van der Waals surface area (Å²) in [6.45, 7) is -1.24. The maximum Gasteiger partial charge on any atom is 0.422 e. The standard InChI is InChI=1S/C18H16F3NO4/c19-18(20,21)10-24-14-4-2-1-3-13(14)22-17(23)8-6-12-5-7-15-16(9-12)26-11-25-15/h1-5,7,9H,6,8,10-11H2,(H,22,23). The number of anilines is 1. The molecule has 26 heavy (non-hydrogen) atoms. The number of hydrogen-bond donors (Lipinski definition) is 1. The van der Waals surface area contributed by atoms with Crippen molar-refractivity contribution in [3.8, 4) is 17.2 Å². The molecule has 138 valence electrons. The molecule has 0 bridgehead atoms. The van der Waals surface area contributed by atoms with Crippen molar-refractivity contribution in [1.82, 2.24) is 0 Å². The minimum atomic E-state index is -4.45. The van der Waals surface area contributed by atoms with Crippen molar-refractivity contribution in [1.29, 1.82) is 0 Å². The molecule has 1 amide bonds.